The van der Waals surface area contributed by atoms with Gasteiger partial charge in [0.25, 0.3) is 0 Å². The standard InChI is InChI=1S/C16H20N2OS/c1-16(2,3)12-7-5-11(6-8-12)13-9-15(20)18-14(17-13)10-19-4/h5-9H,10H2,1-4H3,(H,17,18,20). The van der Waals surface area contributed by atoms with E-state index in [0.717, 1.165) is 17.1 Å². The summed E-state index contributed by atoms with van der Waals surface area (Å²) in [5, 5.41) is 0. The highest BCUT2D eigenvalue weighted by Crippen LogP contribution is 2.25. The van der Waals surface area contributed by atoms with E-state index in [4.69, 9.17) is 17.0 Å². The van der Waals surface area contributed by atoms with Crippen LogP contribution in [0.25, 0.3) is 11.3 Å². The van der Waals surface area contributed by atoms with E-state index < -0.39 is 0 Å². The van der Waals surface area contributed by atoms with Crippen LogP contribution in [0.4, 0.5) is 0 Å². The van der Waals surface area contributed by atoms with E-state index in [9.17, 15) is 0 Å². The largest absolute Gasteiger partial charge is 0.377 e. The molecule has 4 heteroatoms. The lowest BCUT2D eigenvalue weighted by atomic mass is 9.86. The third-order valence-corrected chi connectivity index (χ3v) is 3.34. The van der Waals surface area contributed by atoms with E-state index in [0.29, 0.717) is 11.2 Å². The molecule has 0 bridgehead atoms. The molecular weight excluding hydrogens is 268 g/mol. The number of ether oxygens (including phenoxy) is 1. The van der Waals surface area contributed by atoms with Crippen LogP contribution in [0.1, 0.15) is 32.2 Å². The molecule has 2 aromatic rings. The number of nitrogens with zero attached hydrogens (tertiary/aromatic N) is 1. The zero-order valence-corrected chi connectivity index (χ0v) is 13.2. The Bertz CT molecular complexity index is 639. The zero-order chi connectivity index (χ0) is 14.8. The third-order valence-electron chi connectivity index (χ3n) is 3.13. The minimum atomic E-state index is 0.158. The summed E-state index contributed by atoms with van der Waals surface area (Å²) in [5.74, 6) is 0.745. The molecule has 2 rings (SSSR count). The van der Waals surface area contributed by atoms with E-state index in [1.807, 2.05) is 6.07 Å². The fourth-order valence-corrected chi connectivity index (χ4v) is 2.25. The molecule has 0 unspecified atom stereocenters. The highest BCUT2D eigenvalue weighted by molar-refractivity contribution is 7.71. The number of aromatic nitrogens is 2. The SMILES string of the molecule is COCc1nc(=S)cc(-c2ccc(C(C)(C)C)cc2)[nH]1. The summed E-state index contributed by atoms with van der Waals surface area (Å²) >= 11 is 5.20. The van der Waals surface area contributed by atoms with Crippen LogP contribution in [0.5, 0.6) is 0 Å². The molecule has 0 radical (unpaired) electrons. The second-order valence-corrected chi connectivity index (χ2v) is 6.26. The molecule has 0 aliphatic rings. The first-order chi connectivity index (χ1) is 9.40. The normalized spacial score (nSPS) is 11.6. The maximum absolute atomic E-state index is 5.20. The van der Waals surface area contributed by atoms with Crippen molar-refractivity contribution >= 4 is 12.2 Å². The quantitative estimate of drug-likeness (QED) is 0.858. The van der Waals surface area contributed by atoms with Crippen molar-refractivity contribution in [1.29, 1.82) is 0 Å². The number of methoxy groups -OCH3 is 1. The van der Waals surface area contributed by atoms with Crippen LogP contribution in [0, 0.1) is 4.64 Å². The van der Waals surface area contributed by atoms with E-state index in [1.54, 1.807) is 7.11 Å². The number of hydrogen-bond donors (Lipinski definition) is 1. The van der Waals surface area contributed by atoms with E-state index in [-0.39, 0.29) is 5.41 Å². The van der Waals surface area contributed by atoms with Crippen LogP contribution in [-0.4, -0.2) is 17.1 Å². The Morgan fingerprint density at radius 2 is 1.85 bits per heavy atom. The molecule has 0 amide bonds. The number of aromatic amines is 1. The second-order valence-electron chi connectivity index (χ2n) is 5.84. The fraction of sp³-hybridized carbons (Fsp3) is 0.375. The van der Waals surface area contributed by atoms with E-state index >= 15 is 0 Å². The molecule has 0 atom stereocenters. The highest BCUT2D eigenvalue weighted by atomic mass is 32.1. The molecule has 1 heterocycles. The predicted molar refractivity (Wildman–Crippen MR) is 84.3 cm³/mol. The Balaban J connectivity index is 2.39. The molecule has 0 saturated heterocycles. The van der Waals surface area contributed by atoms with Crippen molar-refractivity contribution in [2.24, 2.45) is 0 Å². The lowest BCUT2D eigenvalue weighted by Gasteiger charge is -2.19. The number of nitrogens with one attached hydrogen (secondary N) is 1. The molecule has 20 heavy (non-hydrogen) atoms. The van der Waals surface area contributed by atoms with Gasteiger partial charge in [-0.1, -0.05) is 57.3 Å². The zero-order valence-electron chi connectivity index (χ0n) is 12.4. The van der Waals surface area contributed by atoms with Crippen molar-refractivity contribution in [1.82, 2.24) is 9.97 Å². The van der Waals surface area contributed by atoms with Gasteiger partial charge in [0.05, 0.1) is 0 Å². The van der Waals surface area contributed by atoms with E-state index in [1.165, 1.54) is 5.56 Å². The average molecular weight is 288 g/mol. The summed E-state index contributed by atoms with van der Waals surface area (Å²) in [4.78, 5) is 7.50. The predicted octanol–water partition coefficient (Wildman–Crippen LogP) is 4.25. The molecule has 0 aliphatic carbocycles. The molecule has 1 aromatic carbocycles. The van der Waals surface area contributed by atoms with E-state index in [2.05, 4.69) is 55.0 Å². The van der Waals surface area contributed by atoms with Crippen LogP contribution in [-0.2, 0) is 16.8 Å². The summed E-state index contributed by atoms with van der Waals surface area (Å²) in [7, 11) is 1.64. The maximum atomic E-state index is 5.20. The monoisotopic (exact) mass is 288 g/mol. The van der Waals surface area contributed by atoms with Gasteiger partial charge in [-0.3, -0.25) is 0 Å². The fourth-order valence-electron chi connectivity index (χ4n) is 2.02. The van der Waals surface area contributed by atoms with Gasteiger partial charge in [-0.15, -0.1) is 0 Å². The molecule has 1 aromatic heterocycles. The van der Waals surface area contributed by atoms with Gasteiger partial charge in [-0.05, 0) is 22.6 Å². The molecule has 0 spiro atoms. The van der Waals surface area contributed by atoms with Crippen molar-refractivity contribution < 1.29 is 4.74 Å². The number of benzene rings is 1. The lowest BCUT2D eigenvalue weighted by molar-refractivity contribution is 0.177. The first kappa shape index (κ1) is 14.9. The maximum Gasteiger partial charge on any atom is 0.134 e. The van der Waals surface area contributed by atoms with Crippen LogP contribution in [0.3, 0.4) is 0 Å². The summed E-state index contributed by atoms with van der Waals surface area (Å²) in [6.07, 6.45) is 0. The third kappa shape index (κ3) is 3.52. The van der Waals surface area contributed by atoms with Gasteiger partial charge in [0.2, 0.25) is 0 Å². The van der Waals surface area contributed by atoms with Crippen molar-refractivity contribution in [2.45, 2.75) is 32.8 Å². The van der Waals surface area contributed by atoms with Crippen molar-refractivity contribution in [3.05, 3.63) is 46.4 Å². The first-order valence-electron chi connectivity index (χ1n) is 6.60. The topological polar surface area (TPSA) is 37.9 Å². The Labute approximate surface area is 125 Å². The number of rotatable bonds is 3. The van der Waals surface area contributed by atoms with Crippen LogP contribution >= 0.6 is 12.2 Å². The van der Waals surface area contributed by atoms with Crippen molar-refractivity contribution in [2.75, 3.05) is 7.11 Å². The molecule has 1 N–H and O–H groups in total. The van der Waals surface area contributed by atoms with Crippen molar-refractivity contribution in [3.63, 3.8) is 0 Å². The van der Waals surface area contributed by atoms with Gasteiger partial charge in [-0.2, -0.15) is 0 Å². The molecule has 0 fully saturated rings. The van der Waals surface area contributed by atoms with Gasteiger partial charge < -0.3 is 9.72 Å². The summed E-state index contributed by atoms with van der Waals surface area (Å²) in [5.41, 5.74) is 3.54. The molecular formula is C16H20N2OS. The van der Waals surface area contributed by atoms with Gasteiger partial charge >= 0.3 is 0 Å². The summed E-state index contributed by atoms with van der Waals surface area (Å²) in [6, 6.07) is 10.4. The smallest absolute Gasteiger partial charge is 0.134 e. The Kier molecular flexibility index (Phi) is 4.35. The molecule has 0 saturated carbocycles. The highest BCUT2D eigenvalue weighted by Gasteiger charge is 2.13. The Hall–Kier alpha value is -1.52. The second kappa shape index (κ2) is 5.85. The Morgan fingerprint density at radius 1 is 1.20 bits per heavy atom. The van der Waals surface area contributed by atoms with Crippen LogP contribution < -0.4 is 0 Å². The minimum Gasteiger partial charge on any atom is -0.377 e. The minimum absolute atomic E-state index is 0.158. The van der Waals surface area contributed by atoms with Crippen LogP contribution in [0.2, 0.25) is 0 Å². The molecule has 0 aliphatic heterocycles. The van der Waals surface area contributed by atoms with Crippen molar-refractivity contribution in [3.8, 4) is 11.3 Å². The Morgan fingerprint density at radius 3 is 2.40 bits per heavy atom. The number of hydrogen-bond acceptors (Lipinski definition) is 3. The summed E-state index contributed by atoms with van der Waals surface area (Å²) in [6.45, 7) is 7.05. The van der Waals surface area contributed by atoms with Gasteiger partial charge in [0, 0.05) is 12.8 Å². The lowest BCUT2D eigenvalue weighted by Crippen LogP contribution is -2.10. The van der Waals surface area contributed by atoms with Gasteiger partial charge in [0.15, 0.2) is 0 Å². The van der Waals surface area contributed by atoms with Gasteiger partial charge in [-0.25, -0.2) is 4.98 Å². The number of H-pyrrole nitrogens is 1. The summed E-state index contributed by atoms with van der Waals surface area (Å²) < 4.78 is 5.67. The molecule has 106 valence electrons. The van der Waals surface area contributed by atoms with Gasteiger partial charge in [0.1, 0.15) is 17.1 Å². The average Bonchev–Trinajstić information content (AvgIpc) is 2.37. The molecule has 3 nitrogen and oxygen atoms in total. The van der Waals surface area contributed by atoms with Crippen LogP contribution in [0.15, 0.2) is 30.3 Å². The first-order valence-corrected chi connectivity index (χ1v) is 7.01.